The second kappa shape index (κ2) is 7.22. The molecule has 0 saturated heterocycles. The fourth-order valence-corrected chi connectivity index (χ4v) is 2.86. The lowest BCUT2D eigenvalue weighted by molar-refractivity contribution is -0.141. The number of aromatic amines is 1. The maximum Gasteiger partial charge on any atom is 0.433 e. The van der Waals surface area contributed by atoms with Gasteiger partial charge >= 0.3 is 12.4 Å². The quantitative estimate of drug-likeness (QED) is 0.413. The number of hydrogen-bond acceptors (Lipinski definition) is 5. The van der Waals surface area contributed by atoms with Crippen LogP contribution in [0.15, 0.2) is 42.6 Å². The molecule has 4 aromatic rings. The number of aryl methyl sites for hydroxylation is 1. The molecule has 0 bridgehead atoms. The number of pyridine rings is 2. The molecule has 4 heterocycles. The highest BCUT2D eigenvalue weighted by Crippen LogP contribution is 2.33. The first-order valence-electron chi connectivity index (χ1n) is 8.73. The monoisotopic (exact) mass is 438 g/mol. The zero-order valence-corrected chi connectivity index (χ0v) is 15.6. The van der Waals surface area contributed by atoms with Crippen LogP contribution >= 0.6 is 0 Å². The standard InChI is InChI=1S/C19H12F6N6/c1-9-7-11-15(27-9)30-17(12-3-2-4-13(28-12)19(23,24)25)31-16(11)29-14-8-10(5-6-26-14)18(20,21)22/h2-8H,1H3,(H2,26,27,29,30,31). The second-order valence-electron chi connectivity index (χ2n) is 6.57. The minimum absolute atomic E-state index is 0.0652. The minimum atomic E-state index is -4.66. The molecule has 0 atom stereocenters. The van der Waals surface area contributed by atoms with E-state index in [9.17, 15) is 26.3 Å². The largest absolute Gasteiger partial charge is 0.433 e. The van der Waals surface area contributed by atoms with Gasteiger partial charge < -0.3 is 10.3 Å². The molecule has 0 unspecified atom stereocenters. The summed E-state index contributed by atoms with van der Waals surface area (Å²) in [6, 6.07) is 6.55. The Morgan fingerprint density at radius 1 is 0.903 bits per heavy atom. The van der Waals surface area contributed by atoms with Gasteiger partial charge in [0.05, 0.1) is 10.9 Å². The molecule has 2 N–H and O–H groups in total. The average Bonchev–Trinajstić information content (AvgIpc) is 3.07. The van der Waals surface area contributed by atoms with Gasteiger partial charge in [-0.05, 0) is 37.3 Å². The zero-order valence-electron chi connectivity index (χ0n) is 15.6. The Bertz CT molecular complexity index is 1260. The van der Waals surface area contributed by atoms with Crippen LogP contribution in [0.2, 0.25) is 0 Å². The SMILES string of the molecule is Cc1cc2c(Nc3cc(C(F)(F)F)ccn3)nc(-c3cccc(C(F)(F)F)n3)nc2[nH]1. The molecule has 0 fully saturated rings. The van der Waals surface area contributed by atoms with E-state index in [0.29, 0.717) is 11.1 Å². The van der Waals surface area contributed by atoms with Gasteiger partial charge in [-0.15, -0.1) is 0 Å². The van der Waals surface area contributed by atoms with E-state index in [1.807, 2.05) is 0 Å². The van der Waals surface area contributed by atoms with E-state index >= 15 is 0 Å². The van der Waals surface area contributed by atoms with Gasteiger partial charge in [-0.2, -0.15) is 26.3 Å². The molecular formula is C19H12F6N6. The van der Waals surface area contributed by atoms with Crippen molar-refractivity contribution < 1.29 is 26.3 Å². The zero-order chi connectivity index (χ0) is 22.4. The van der Waals surface area contributed by atoms with Crippen LogP contribution in [0.1, 0.15) is 17.0 Å². The Kier molecular flexibility index (Phi) is 4.79. The summed E-state index contributed by atoms with van der Waals surface area (Å²) in [4.78, 5) is 18.8. The molecule has 0 aliphatic carbocycles. The summed E-state index contributed by atoms with van der Waals surface area (Å²) < 4.78 is 78.0. The maximum atomic E-state index is 13.0. The highest BCUT2D eigenvalue weighted by atomic mass is 19.4. The Morgan fingerprint density at radius 2 is 1.68 bits per heavy atom. The number of anilines is 2. The van der Waals surface area contributed by atoms with E-state index in [1.165, 1.54) is 12.1 Å². The van der Waals surface area contributed by atoms with Crippen LogP contribution in [0.25, 0.3) is 22.6 Å². The Hall–Kier alpha value is -3.70. The van der Waals surface area contributed by atoms with E-state index in [4.69, 9.17) is 0 Å². The average molecular weight is 438 g/mol. The molecule has 4 aromatic heterocycles. The number of H-pyrrole nitrogens is 1. The summed E-state index contributed by atoms with van der Waals surface area (Å²) in [5.41, 5.74) is -1.25. The lowest BCUT2D eigenvalue weighted by atomic mass is 10.2. The van der Waals surface area contributed by atoms with Crippen LogP contribution in [-0.4, -0.2) is 24.9 Å². The van der Waals surface area contributed by atoms with Crippen molar-refractivity contribution in [2.75, 3.05) is 5.32 Å². The molecule has 0 saturated carbocycles. The highest BCUT2D eigenvalue weighted by molar-refractivity contribution is 5.90. The fraction of sp³-hybridized carbons (Fsp3) is 0.158. The van der Waals surface area contributed by atoms with Crippen molar-refractivity contribution in [3.63, 3.8) is 0 Å². The van der Waals surface area contributed by atoms with Crippen LogP contribution in [0, 0.1) is 6.92 Å². The van der Waals surface area contributed by atoms with Gasteiger partial charge in [0, 0.05) is 11.9 Å². The molecule has 31 heavy (non-hydrogen) atoms. The van der Waals surface area contributed by atoms with Crippen molar-refractivity contribution in [3.05, 3.63) is 59.5 Å². The van der Waals surface area contributed by atoms with E-state index in [2.05, 4.69) is 30.2 Å². The van der Waals surface area contributed by atoms with Crippen LogP contribution in [-0.2, 0) is 12.4 Å². The van der Waals surface area contributed by atoms with Gasteiger partial charge in [-0.1, -0.05) is 6.07 Å². The van der Waals surface area contributed by atoms with E-state index < -0.39 is 23.6 Å². The van der Waals surface area contributed by atoms with Crippen LogP contribution in [0.4, 0.5) is 38.0 Å². The third-order valence-corrected chi connectivity index (χ3v) is 4.22. The molecule has 0 aromatic carbocycles. The first-order valence-corrected chi connectivity index (χ1v) is 8.73. The van der Waals surface area contributed by atoms with Crippen molar-refractivity contribution in [2.24, 2.45) is 0 Å². The molecule has 0 radical (unpaired) electrons. The molecule has 0 aliphatic heterocycles. The molecule has 160 valence electrons. The van der Waals surface area contributed by atoms with Crippen molar-refractivity contribution in [3.8, 4) is 11.5 Å². The molecule has 12 heteroatoms. The summed E-state index contributed by atoms with van der Waals surface area (Å²) in [5, 5.41) is 3.12. The molecule has 0 spiro atoms. The predicted octanol–water partition coefficient (Wildman–Crippen LogP) is 5.50. The van der Waals surface area contributed by atoms with E-state index in [0.717, 1.165) is 24.4 Å². The van der Waals surface area contributed by atoms with E-state index in [-0.39, 0.29) is 28.8 Å². The number of alkyl halides is 6. The summed E-state index contributed by atoms with van der Waals surface area (Å²) >= 11 is 0. The van der Waals surface area contributed by atoms with Gasteiger partial charge in [0.1, 0.15) is 28.7 Å². The molecule has 0 amide bonds. The summed E-state index contributed by atoms with van der Waals surface area (Å²) in [7, 11) is 0. The number of hydrogen-bond donors (Lipinski definition) is 2. The molecule has 4 rings (SSSR count). The van der Waals surface area contributed by atoms with Gasteiger partial charge in [-0.25, -0.2) is 19.9 Å². The smallest absolute Gasteiger partial charge is 0.343 e. The number of fused-ring (bicyclic) bond motifs is 1. The topological polar surface area (TPSA) is 79.4 Å². The molecule has 0 aliphatic rings. The Balaban J connectivity index is 1.82. The fourth-order valence-electron chi connectivity index (χ4n) is 2.86. The lowest BCUT2D eigenvalue weighted by Gasteiger charge is -2.11. The van der Waals surface area contributed by atoms with Gasteiger partial charge in [0.15, 0.2) is 5.82 Å². The lowest BCUT2D eigenvalue weighted by Crippen LogP contribution is -2.09. The maximum absolute atomic E-state index is 13.0. The van der Waals surface area contributed by atoms with Gasteiger partial charge in [0.2, 0.25) is 0 Å². The summed E-state index contributed by atoms with van der Waals surface area (Å²) in [5.74, 6) is -0.220. The summed E-state index contributed by atoms with van der Waals surface area (Å²) in [6.07, 6.45) is -8.24. The van der Waals surface area contributed by atoms with Crippen LogP contribution in [0.3, 0.4) is 0 Å². The number of aromatic nitrogens is 5. The van der Waals surface area contributed by atoms with Crippen LogP contribution in [0.5, 0.6) is 0 Å². The normalized spacial score (nSPS) is 12.4. The second-order valence-corrected chi connectivity index (χ2v) is 6.57. The van der Waals surface area contributed by atoms with Crippen LogP contribution < -0.4 is 5.32 Å². The molecule has 6 nitrogen and oxygen atoms in total. The molecular weight excluding hydrogens is 426 g/mol. The number of halogens is 6. The van der Waals surface area contributed by atoms with Gasteiger partial charge in [0.25, 0.3) is 0 Å². The first-order chi connectivity index (χ1) is 14.5. The number of nitrogens with zero attached hydrogens (tertiary/aromatic N) is 4. The number of nitrogens with one attached hydrogen (secondary N) is 2. The van der Waals surface area contributed by atoms with E-state index in [1.54, 1.807) is 13.0 Å². The highest BCUT2D eigenvalue weighted by Gasteiger charge is 2.33. The minimum Gasteiger partial charge on any atom is -0.343 e. The third-order valence-electron chi connectivity index (χ3n) is 4.22. The Morgan fingerprint density at radius 3 is 2.39 bits per heavy atom. The first kappa shape index (κ1) is 20.6. The van der Waals surface area contributed by atoms with Crippen molar-refractivity contribution in [1.82, 2.24) is 24.9 Å². The number of rotatable bonds is 3. The van der Waals surface area contributed by atoms with Crippen molar-refractivity contribution in [1.29, 1.82) is 0 Å². The summed E-state index contributed by atoms with van der Waals surface area (Å²) in [6.45, 7) is 1.72. The van der Waals surface area contributed by atoms with Crippen molar-refractivity contribution >= 4 is 22.7 Å². The predicted molar refractivity (Wildman–Crippen MR) is 99.4 cm³/mol. The van der Waals surface area contributed by atoms with Crippen molar-refractivity contribution in [2.45, 2.75) is 19.3 Å². The van der Waals surface area contributed by atoms with Gasteiger partial charge in [-0.3, -0.25) is 0 Å². The Labute approximate surface area is 170 Å². The third kappa shape index (κ3) is 4.27.